The van der Waals surface area contributed by atoms with E-state index in [9.17, 15) is 4.79 Å². The molecule has 116 valence electrons. The van der Waals surface area contributed by atoms with Crippen LogP contribution in [-0.2, 0) is 0 Å². The van der Waals surface area contributed by atoms with Crippen LogP contribution in [0.25, 0.3) is 0 Å². The molecule has 0 aromatic carbocycles. The van der Waals surface area contributed by atoms with Crippen LogP contribution in [0.2, 0.25) is 0 Å². The summed E-state index contributed by atoms with van der Waals surface area (Å²) in [6, 6.07) is 5.36. The van der Waals surface area contributed by atoms with Gasteiger partial charge in [-0.2, -0.15) is 0 Å². The molecule has 2 aromatic heterocycles. The topological polar surface area (TPSA) is 71.3 Å². The van der Waals surface area contributed by atoms with Crippen molar-refractivity contribution in [3.8, 4) is 0 Å². The van der Waals surface area contributed by atoms with Crippen molar-refractivity contribution < 1.29 is 9.32 Å². The van der Waals surface area contributed by atoms with E-state index in [2.05, 4.69) is 22.4 Å². The van der Waals surface area contributed by atoms with Gasteiger partial charge in [-0.1, -0.05) is 12.1 Å². The smallest absolute Gasteiger partial charge is 0.272 e. The largest absolute Gasteiger partial charge is 0.360 e. The summed E-state index contributed by atoms with van der Waals surface area (Å²) in [5.74, 6) is 2.04. The third-order valence-corrected chi connectivity index (χ3v) is 3.95. The number of aryl methyl sites for hydroxylation is 1. The normalized spacial score (nSPS) is 15.8. The number of carbonyl (C=O) groups is 1. The Morgan fingerprint density at radius 1 is 1.36 bits per heavy atom. The lowest BCUT2D eigenvalue weighted by molar-refractivity contribution is 0.0691. The van der Waals surface area contributed by atoms with E-state index >= 15 is 0 Å². The molecule has 0 bridgehead atoms. The van der Waals surface area contributed by atoms with E-state index in [0.29, 0.717) is 17.4 Å². The van der Waals surface area contributed by atoms with Gasteiger partial charge in [-0.15, -0.1) is 0 Å². The van der Waals surface area contributed by atoms with Crippen molar-refractivity contribution in [1.82, 2.24) is 15.0 Å². The van der Waals surface area contributed by atoms with Crippen LogP contribution in [0.15, 0.2) is 28.9 Å². The number of amides is 1. The number of hydrogen-bond acceptors (Lipinski definition) is 5. The molecule has 0 unspecified atom stereocenters. The molecule has 1 saturated heterocycles. The van der Waals surface area contributed by atoms with E-state index in [-0.39, 0.29) is 5.91 Å². The fourth-order valence-electron chi connectivity index (χ4n) is 2.57. The van der Waals surface area contributed by atoms with Crippen LogP contribution in [0.5, 0.6) is 0 Å². The molecule has 1 fully saturated rings. The first-order valence-electron chi connectivity index (χ1n) is 7.57. The number of likely N-dealkylation sites (tertiary alicyclic amines) is 1. The van der Waals surface area contributed by atoms with Gasteiger partial charge in [-0.05, 0) is 37.8 Å². The highest BCUT2D eigenvalue weighted by atomic mass is 16.5. The van der Waals surface area contributed by atoms with Gasteiger partial charge in [-0.3, -0.25) is 9.78 Å². The second-order valence-corrected chi connectivity index (χ2v) is 5.85. The first-order chi connectivity index (χ1) is 10.6. The maximum atomic E-state index is 12.5. The van der Waals surface area contributed by atoms with Gasteiger partial charge in [0.15, 0.2) is 5.82 Å². The van der Waals surface area contributed by atoms with Crippen LogP contribution in [0.1, 0.15) is 36.0 Å². The van der Waals surface area contributed by atoms with Crippen LogP contribution in [0, 0.1) is 12.8 Å². The van der Waals surface area contributed by atoms with Crippen molar-refractivity contribution in [2.75, 3.05) is 18.4 Å². The number of carbonyl (C=O) groups excluding carboxylic acids is 1. The Morgan fingerprint density at radius 2 is 2.14 bits per heavy atom. The lowest BCUT2D eigenvalue weighted by atomic mass is 9.99. The number of pyridine rings is 1. The highest BCUT2D eigenvalue weighted by Gasteiger charge is 2.22. The average Bonchev–Trinajstić information content (AvgIpc) is 2.93. The summed E-state index contributed by atoms with van der Waals surface area (Å²) in [5, 5.41) is 7.00. The summed E-state index contributed by atoms with van der Waals surface area (Å²) in [6.45, 7) is 5.67. The van der Waals surface area contributed by atoms with Crippen LogP contribution >= 0.6 is 0 Å². The summed E-state index contributed by atoms with van der Waals surface area (Å²) in [6.07, 6.45) is 3.75. The molecule has 3 rings (SSSR count). The Kier molecular flexibility index (Phi) is 4.09. The number of piperidine rings is 1. The molecule has 0 aliphatic carbocycles. The van der Waals surface area contributed by atoms with Crippen molar-refractivity contribution in [3.05, 3.63) is 35.9 Å². The molecule has 0 radical (unpaired) electrons. The molecule has 1 aliphatic rings. The fourth-order valence-corrected chi connectivity index (χ4v) is 2.57. The van der Waals surface area contributed by atoms with Crippen LogP contribution < -0.4 is 5.32 Å². The average molecular weight is 300 g/mol. The van der Waals surface area contributed by atoms with Gasteiger partial charge in [0.2, 0.25) is 0 Å². The van der Waals surface area contributed by atoms with Gasteiger partial charge in [0.05, 0.1) is 0 Å². The van der Waals surface area contributed by atoms with Gasteiger partial charge >= 0.3 is 0 Å². The lowest BCUT2D eigenvalue weighted by Gasteiger charge is -2.30. The predicted octanol–water partition coefficient (Wildman–Crippen LogP) is 2.99. The Bertz CT molecular complexity index is 660. The monoisotopic (exact) mass is 300 g/mol. The summed E-state index contributed by atoms with van der Waals surface area (Å²) in [5.41, 5.74) is 1.23. The van der Waals surface area contributed by atoms with Crippen LogP contribution in [0.3, 0.4) is 0 Å². The quantitative estimate of drug-likeness (QED) is 0.943. The number of aromatic nitrogens is 2. The number of anilines is 2. The maximum absolute atomic E-state index is 12.5. The van der Waals surface area contributed by atoms with Crippen molar-refractivity contribution in [2.45, 2.75) is 26.7 Å². The van der Waals surface area contributed by atoms with Crippen molar-refractivity contribution in [2.24, 2.45) is 5.92 Å². The number of hydrogen-bond donors (Lipinski definition) is 1. The molecule has 1 aliphatic heterocycles. The van der Waals surface area contributed by atoms with E-state index in [1.807, 2.05) is 11.8 Å². The summed E-state index contributed by atoms with van der Waals surface area (Å²) >= 11 is 0. The van der Waals surface area contributed by atoms with Gasteiger partial charge in [0.1, 0.15) is 11.5 Å². The number of nitrogens with zero attached hydrogens (tertiary/aromatic N) is 3. The van der Waals surface area contributed by atoms with Gasteiger partial charge < -0.3 is 14.7 Å². The Morgan fingerprint density at radius 3 is 2.82 bits per heavy atom. The zero-order valence-corrected chi connectivity index (χ0v) is 12.9. The van der Waals surface area contributed by atoms with Crippen LogP contribution in [0.4, 0.5) is 11.5 Å². The second-order valence-electron chi connectivity index (χ2n) is 5.85. The molecular weight excluding hydrogens is 280 g/mol. The molecule has 6 heteroatoms. The minimum Gasteiger partial charge on any atom is -0.360 e. The second kappa shape index (κ2) is 6.17. The maximum Gasteiger partial charge on any atom is 0.272 e. The molecule has 0 spiro atoms. The highest BCUT2D eigenvalue weighted by Crippen LogP contribution is 2.20. The molecule has 1 amide bonds. The van der Waals surface area contributed by atoms with Gasteiger partial charge in [0, 0.05) is 31.0 Å². The standard InChI is InChI=1S/C16H20N4O2/c1-11-4-7-20(8-5-11)16(21)14-10-13(3-6-17-14)18-15-9-12(2)22-19-15/h3,6,9-11H,4-5,7-8H2,1-2H3,(H,17,18,19). The minimum atomic E-state index is -0.00752. The minimum absolute atomic E-state index is 0.00752. The third kappa shape index (κ3) is 3.27. The molecule has 2 aromatic rings. The van der Waals surface area contributed by atoms with Crippen molar-refractivity contribution in [3.63, 3.8) is 0 Å². The predicted molar refractivity (Wildman–Crippen MR) is 83.1 cm³/mol. The Labute approximate surface area is 129 Å². The molecule has 6 nitrogen and oxygen atoms in total. The van der Waals surface area contributed by atoms with Crippen LogP contribution in [-0.4, -0.2) is 34.0 Å². The fraction of sp³-hybridized carbons (Fsp3) is 0.438. The van der Waals surface area contributed by atoms with E-state index in [4.69, 9.17) is 4.52 Å². The van der Waals surface area contributed by atoms with E-state index in [1.165, 1.54) is 0 Å². The third-order valence-electron chi connectivity index (χ3n) is 3.95. The number of nitrogens with one attached hydrogen (secondary N) is 1. The highest BCUT2D eigenvalue weighted by molar-refractivity contribution is 5.93. The Balaban J connectivity index is 1.71. The first kappa shape index (κ1) is 14.6. The molecular formula is C16H20N4O2. The zero-order valence-electron chi connectivity index (χ0n) is 12.9. The van der Waals surface area contributed by atoms with Gasteiger partial charge in [-0.25, -0.2) is 0 Å². The SMILES string of the molecule is Cc1cc(Nc2ccnc(C(=O)N3CCC(C)CC3)c2)no1. The van der Waals surface area contributed by atoms with E-state index < -0.39 is 0 Å². The molecule has 0 atom stereocenters. The van der Waals surface area contributed by atoms with E-state index in [1.54, 1.807) is 24.4 Å². The zero-order chi connectivity index (χ0) is 15.5. The first-order valence-corrected chi connectivity index (χ1v) is 7.57. The number of rotatable bonds is 3. The summed E-state index contributed by atoms with van der Waals surface area (Å²) < 4.78 is 5.02. The summed E-state index contributed by atoms with van der Waals surface area (Å²) in [4.78, 5) is 18.6. The van der Waals surface area contributed by atoms with E-state index in [0.717, 1.165) is 37.4 Å². The molecule has 22 heavy (non-hydrogen) atoms. The van der Waals surface area contributed by atoms with Gasteiger partial charge in [0.25, 0.3) is 5.91 Å². The van der Waals surface area contributed by atoms with Crippen molar-refractivity contribution in [1.29, 1.82) is 0 Å². The van der Waals surface area contributed by atoms with Crippen molar-refractivity contribution >= 4 is 17.4 Å². The molecule has 1 N–H and O–H groups in total. The molecule has 0 saturated carbocycles. The summed E-state index contributed by atoms with van der Waals surface area (Å²) in [7, 11) is 0. The Hall–Kier alpha value is -2.37. The lowest BCUT2D eigenvalue weighted by Crippen LogP contribution is -2.38. The molecule has 3 heterocycles.